The molecule has 0 unspecified atom stereocenters. The second kappa shape index (κ2) is 7.53. The van der Waals surface area contributed by atoms with Crippen LogP contribution in [0.1, 0.15) is 24.1 Å². The Morgan fingerprint density at radius 2 is 1.88 bits per heavy atom. The molecule has 4 heteroatoms. The van der Waals surface area contributed by atoms with E-state index >= 15 is 0 Å². The van der Waals surface area contributed by atoms with Crippen LogP contribution in [0.5, 0.6) is 0 Å². The molecular weight excluding hydrogens is 308 g/mol. The maximum Gasteiger partial charge on any atom is 0.133 e. The zero-order valence-corrected chi connectivity index (χ0v) is 14.4. The van der Waals surface area contributed by atoms with Crippen molar-refractivity contribution in [2.24, 2.45) is 7.05 Å². The number of aryl methyl sites for hydroxylation is 1. The summed E-state index contributed by atoms with van der Waals surface area (Å²) in [5, 5.41) is 0. The van der Waals surface area contributed by atoms with Gasteiger partial charge in [0.1, 0.15) is 5.82 Å². The zero-order chi connectivity index (χ0) is 17.6. The first-order chi connectivity index (χ1) is 12.2. The summed E-state index contributed by atoms with van der Waals surface area (Å²) < 4.78 is 1.99. The standard InChI is InChI=1S/C21H20N4/c1-4-16(5-2)20-15-25(3)21(24-20)10-9-18-7-6-8-19(23-18)17-11-13-22-14-12-17/h4-15H,1H2,2-3H3/b10-9+,16-5+. The maximum absolute atomic E-state index is 4.68. The molecule has 0 saturated heterocycles. The molecule has 0 aromatic carbocycles. The van der Waals surface area contributed by atoms with Crippen molar-refractivity contribution in [3.63, 3.8) is 0 Å². The predicted octanol–water partition coefficient (Wildman–Crippen LogP) is 4.64. The normalized spacial score (nSPS) is 11.8. The lowest BCUT2D eigenvalue weighted by Crippen LogP contribution is -1.90. The molecule has 0 aliphatic heterocycles. The number of allylic oxidation sites excluding steroid dienone is 3. The van der Waals surface area contributed by atoms with Crippen molar-refractivity contribution >= 4 is 17.7 Å². The van der Waals surface area contributed by atoms with Gasteiger partial charge >= 0.3 is 0 Å². The Kier molecular flexibility index (Phi) is 5.00. The second-order valence-electron chi connectivity index (χ2n) is 5.56. The van der Waals surface area contributed by atoms with Crippen molar-refractivity contribution < 1.29 is 0 Å². The Morgan fingerprint density at radius 1 is 1.08 bits per heavy atom. The molecule has 4 nitrogen and oxygen atoms in total. The number of rotatable bonds is 5. The third-order valence-corrected chi connectivity index (χ3v) is 3.89. The van der Waals surface area contributed by atoms with E-state index in [2.05, 4.69) is 21.5 Å². The molecule has 0 bridgehead atoms. The van der Waals surface area contributed by atoms with Crippen LogP contribution in [0.3, 0.4) is 0 Å². The van der Waals surface area contributed by atoms with Gasteiger partial charge in [0.05, 0.1) is 17.1 Å². The summed E-state index contributed by atoms with van der Waals surface area (Å²) in [5.41, 5.74) is 4.79. The van der Waals surface area contributed by atoms with Crippen LogP contribution in [0, 0.1) is 0 Å². The minimum Gasteiger partial charge on any atom is -0.334 e. The second-order valence-corrected chi connectivity index (χ2v) is 5.56. The maximum atomic E-state index is 4.68. The van der Waals surface area contributed by atoms with Crippen LogP contribution in [-0.2, 0) is 7.05 Å². The van der Waals surface area contributed by atoms with E-state index in [1.54, 1.807) is 12.4 Å². The molecule has 0 fully saturated rings. The predicted molar refractivity (Wildman–Crippen MR) is 103 cm³/mol. The van der Waals surface area contributed by atoms with Crippen molar-refractivity contribution in [2.45, 2.75) is 6.92 Å². The molecule has 3 rings (SSSR count). The Hall–Kier alpha value is -3.27. The Morgan fingerprint density at radius 3 is 2.60 bits per heavy atom. The molecule has 0 aliphatic rings. The highest BCUT2D eigenvalue weighted by Crippen LogP contribution is 2.18. The zero-order valence-electron chi connectivity index (χ0n) is 14.4. The highest BCUT2D eigenvalue weighted by molar-refractivity contribution is 5.73. The highest BCUT2D eigenvalue weighted by atomic mass is 15.0. The quantitative estimate of drug-likeness (QED) is 0.641. The summed E-state index contributed by atoms with van der Waals surface area (Å²) in [5.74, 6) is 0.868. The third-order valence-electron chi connectivity index (χ3n) is 3.89. The highest BCUT2D eigenvalue weighted by Gasteiger charge is 2.05. The molecule has 3 aromatic heterocycles. The average molecular weight is 328 g/mol. The van der Waals surface area contributed by atoms with Gasteiger partial charge in [0.2, 0.25) is 0 Å². The van der Waals surface area contributed by atoms with Gasteiger partial charge in [0.25, 0.3) is 0 Å². The van der Waals surface area contributed by atoms with Crippen molar-refractivity contribution in [3.8, 4) is 11.3 Å². The van der Waals surface area contributed by atoms with E-state index in [0.717, 1.165) is 34.0 Å². The van der Waals surface area contributed by atoms with Gasteiger partial charge in [-0.2, -0.15) is 0 Å². The molecule has 3 aromatic rings. The summed E-state index contributed by atoms with van der Waals surface area (Å²) in [6.07, 6.45) is 13.3. The van der Waals surface area contributed by atoms with Gasteiger partial charge in [-0.05, 0) is 48.9 Å². The fourth-order valence-corrected chi connectivity index (χ4v) is 2.53. The average Bonchev–Trinajstić information content (AvgIpc) is 3.02. The Labute approximate surface area is 147 Å². The molecule has 0 N–H and O–H groups in total. The Balaban J connectivity index is 1.87. The first-order valence-electron chi connectivity index (χ1n) is 8.09. The van der Waals surface area contributed by atoms with Crippen LogP contribution >= 0.6 is 0 Å². The number of hydrogen-bond acceptors (Lipinski definition) is 3. The van der Waals surface area contributed by atoms with Crippen molar-refractivity contribution in [3.05, 3.63) is 84.9 Å². The number of nitrogens with zero attached hydrogens (tertiary/aromatic N) is 4. The fourth-order valence-electron chi connectivity index (χ4n) is 2.53. The van der Waals surface area contributed by atoms with Crippen LogP contribution in [0.25, 0.3) is 29.0 Å². The smallest absolute Gasteiger partial charge is 0.133 e. The molecular formula is C21H20N4. The van der Waals surface area contributed by atoms with Crippen LogP contribution in [0.15, 0.2) is 67.7 Å². The molecule has 0 radical (unpaired) electrons. The summed E-state index contributed by atoms with van der Waals surface area (Å²) in [6.45, 7) is 5.81. The summed E-state index contributed by atoms with van der Waals surface area (Å²) in [6, 6.07) is 9.88. The molecule has 0 spiro atoms. The lowest BCUT2D eigenvalue weighted by molar-refractivity contribution is 0.898. The molecule has 3 heterocycles. The van der Waals surface area contributed by atoms with Gasteiger partial charge < -0.3 is 4.57 Å². The molecule has 25 heavy (non-hydrogen) atoms. The van der Waals surface area contributed by atoms with E-state index in [1.165, 1.54) is 0 Å². The van der Waals surface area contributed by atoms with Crippen molar-refractivity contribution in [1.29, 1.82) is 0 Å². The number of pyridine rings is 2. The summed E-state index contributed by atoms with van der Waals surface area (Å²) >= 11 is 0. The lowest BCUT2D eigenvalue weighted by atomic mass is 10.1. The van der Waals surface area contributed by atoms with Gasteiger partial charge in [-0.15, -0.1) is 0 Å². The minimum absolute atomic E-state index is 0.868. The molecule has 0 saturated carbocycles. The summed E-state index contributed by atoms with van der Waals surface area (Å²) in [4.78, 5) is 13.4. The molecule has 124 valence electrons. The fraction of sp³-hybridized carbons (Fsp3) is 0.0952. The van der Waals surface area contributed by atoms with Gasteiger partial charge in [0.15, 0.2) is 0 Å². The van der Waals surface area contributed by atoms with Gasteiger partial charge in [-0.1, -0.05) is 24.8 Å². The largest absolute Gasteiger partial charge is 0.334 e. The van der Waals surface area contributed by atoms with E-state index in [-0.39, 0.29) is 0 Å². The molecule has 0 aliphatic carbocycles. The van der Waals surface area contributed by atoms with E-state index in [1.807, 2.05) is 79.4 Å². The third kappa shape index (κ3) is 3.80. The first kappa shape index (κ1) is 16.6. The SMILES string of the molecule is C=C/C(=C\C)c1cn(C)c(/C=C/c2cccc(-c3ccncc3)n2)n1. The van der Waals surface area contributed by atoms with Crippen LogP contribution in [0.2, 0.25) is 0 Å². The Bertz CT molecular complexity index is 934. The van der Waals surface area contributed by atoms with Crippen molar-refractivity contribution in [1.82, 2.24) is 19.5 Å². The van der Waals surface area contributed by atoms with Crippen LogP contribution in [0.4, 0.5) is 0 Å². The van der Waals surface area contributed by atoms with Crippen LogP contribution < -0.4 is 0 Å². The monoisotopic (exact) mass is 328 g/mol. The number of aromatic nitrogens is 4. The van der Waals surface area contributed by atoms with Gasteiger partial charge in [-0.25, -0.2) is 9.97 Å². The lowest BCUT2D eigenvalue weighted by Gasteiger charge is -2.01. The van der Waals surface area contributed by atoms with Crippen molar-refractivity contribution in [2.75, 3.05) is 0 Å². The molecule has 0 atom stereocenters. The number of imidazole rings is 1. The van der Waals surface area contributed by atoms with E-state index in [9.17, 15) is 0 Å². The topological polar surface area (TPSA) is 43.6 Å². The van der Waals surface area contributed by atoms with E-state index in [0.29, 0.717) is 0 Å². The number of hydrogen-bond donors (Lipinski definition) is 0. The van der Waals surface area contributed by atoms with Gasteiger partial charge in [-0.3, -0.25) is 4.98 Å². The summed E-state index contributed by atoms with van der Waals surface area (Å²) in [7, 11) is 1.98. The van der Waals surface area contributed by atoms with E-state index < -0.39 is 0 Å². The minimum atomic E-state index is 0.868. The van der Waals surface area contributed by atoms with Crippen LogP contribution in [-0.4, -0.2) is 19.5 Å². The van der Waals surface area contributed by atoms with E-state index in [4.69, 9.17) is 0 Å². The van der Waals surface area contributed by atoms with Gasteiger partial charge in [0, 0.05) is 31.2 Å². The molecule has 0 amide bonds. The first-order valence-corrected chi connectivity index (χ1v) is 8.09.